The molecule has 5 nitrogen and oxygen atoms in total. The van der Waals surface area contributed by atoms with Crippen molar-refractivity contribution in [2.24, 2.45) is 5.92 Å². The molecule has 0 aromatic rings. The van der Waals surface area contributed by atoms with E-state index >= 15 is 0 Å². The minimum Gasteiger partial charge on any atom is -0.381 e. The minimum atomic E-state index is -0.299. The average Bonchev–Trinajstić information content (AvgIpc) is 2.43. The van der Waals surface area contributed by atoms with E-state index in [9.17, 15) is 9.59 Å². The van der Waals surface area contributed by atoms with Gasteiger partial charge in [-0.25, -0.2) is 0 Å². The van der Waals surface area contributed by atoms with E-state index in [1.54, 1.807) is 4.90 Å². The number of hydrogen-bond donors (Lipinski definition) is 0. The average molecular weight is 310 g/mol. The van der Waals surface area contributed by atoms with Crippen LogP contribution in [0.25, 0.3) is 0 Å². The molecule has 0 aromatic carbocycles. The number of ether oxygens (including phenoxy) is 1. The minimum absolute atomic E-state index is 0.0561. The fraction of sp³-hybridized carbons (Fsp3) is 0.882. The van der Waals surface area contributed by atoms with Crippen LogP contribution < -0.4 is 0 Å². The first-order chi connectivity index (χ1) is 10.3. The number of hydrogen-bond acceptors (Lipinski definition) is 3. The van der Waals surface area contributed by atoms with Gasteiger partial charge in [0.05, 0.1) is 12.1 Å². The van der Waals surface area contributed by atoms with Crippen LogP contribution in [-0.4, -0.2) is 59.5 Å². The largest absolute Gasteiger partial charge is 0.381 e. The Morgan fingerprint density at radius 3 is 2.68 bits per heavy atom. The third-order valence-electron chi connectivity index (χ3n) is 4.71. The Balaban J connectivity index is 1.89. The van der Waals surface area contributed by atoms with Gasteiger partial charge in [-0.3, -0.25) is 9.59 Å². The number of piperazine rings is 1. The SMILES string of the molecule is CC(C)N1C(=O)CN(C(=O)CC[C@H]2CCCOC2)CC1(C)C. The smallest absolute Gasteiger partial charge is 0.242 e. The Morgan fingerprint density at radius 2 is 2.14 bits per heavy atom. The second-order valence-corrected chi connectivity index (χ2v) is 7.54. The topological polar surface area (TPSA) is 49.9 Å². The highest BCUT2D eigenvalue weighted by molar-refractivity contribution is 5.87. The van der Waals surface area contributed by atoms with Crippen molar-refractivity contribution in [2.75, 3.05) is 26.3 Å². The monoisotopic (exact) mass is 310 g/mol. The van der Waals surface area contributed by atoms with Crippen molar-refractivity contribution in [2.45, 2.75) is 65.0 Å². The van der Waals surface area contributed by atoms with E-state index in [0.29, 0.717) is 18.9 Å². The number of nitrogens with zero attached hydrogens (tertiary/aromatic N) is 2. The molecule has 0 aromatic heterocycles. The Kier molecular flexibility index (Phi) is 5.48. The third kappa shape index (κ3) is 4.00. The lowest BCUT2D eigenvalue weighted by molar-refractivity contribution is -0.155. The summed E-state index contributed by atoms with van der Waals surface area (Å²) < 4.78 is 5.46. The van der Waals surface area contributed by atoms with Crippen LogP contribution in [0, 0.1) is 5.92 Å². The molecule has 0 unspecified atom stereocenters. The molecule has 126 valence electrons. The maximum atomic E-state index is 12.5. The Morgan fingerprint density at radius 1 is 1.41 bits per heavy atom. The molecule has 2 amide bonds. The van der Waals surface area contributed by atoms with Crippen molar-refractivity contribution in [3.63, 3.8) is 0 Å². The van der Waals surface area contributed by atoms with Gasteiger partial charge in [0.2, 0.25) is 11.8 Å². The molecule has 22 heavy (non-hydrogen) atoms. The highest BCUT2D eigenvalue weighted by Gasteiger charge is 2.41. The van der Waals surface area contributed by atoms with Gasteiger partial charge < -0.3 is 14.5 Å². The zero-order valence-electron chi connectivity index (χ0n) is 14.4. The van der Waals surface area contributed by atoms with Gasteiger partial charge in [-0.1, -0.05) is 0 Å². The molecule has 0 N–H and O–H groups in total. The molecule has 0 saturated carbocycles. The third-order valence-corrected chi connectivity index (χ3v) is 4.71. The quantitative estimate of drug-likeness (QED) is 0.798. The normalized spacial score (nSPS) is 25.7. The Hall–Kier alpha value is -1.10. The Labute approximate surface area is 134 Å². The summed E-state index contributed by atoms with van der Waals surface area (Å²) in [7, 11) is 0. The lowest BCUT2D eigenvalue weighted by Gasteiger charge is -2.49. The summed E-state index contributed by atoms with van der Waals surface area (Å²) in [6.07, 6.45) is 3.65. The first-order valence-corrected chi connectivity index (χ1v) is 8.49. The van der Waals surface area contributed by atoms with Gasteiger partial charge in [0.25, 0.3) is 0 Å². The molecule has 2 fully saturated rings. The standard InChI is InChI=1S/C17H30N2O3/c1-13(2)19-16(21)10-18(12-17(19,3)4)15(20)8-7-14-6-5-9-22-11-14/h13-14H,5-12H2,1-4H3/t14-/m1/s1. The van der Waals surface area contributed by atoms with Crippen molar-refractivity contribution < 1.29 is 14.3 Å². The van der Waals surface area contributed by atoms with E-state index in [2.05, 4.69) is 0 Å². The molecule has 0 aliphatic carbocycles. The summed E-state index contributed by atoms with van der Waals surface area (Å²) in [4.78, 5) is 28.5. The molecule has 1 atom stereocenters. The van der Waals surface area contributed by atoms with Crippen molar-refractivity contribution >= 4 is 11.8 Å². The highest BCUT2D eigenvalue weighted by Crippen LogP contribution is 2.26. The van der Waals surface area contributed by atoms with Gasteiger partial charge in [-0.05, 0) is 52.9 Å². The van der Waals surface area contributed by atoms with Crippen LogP contribution in [0.1, 0.15) is 53.4 Å². The van der Waals surface area contributed by atoms with Crippen LogP contribution in [0.4, 0.5) is 0 Å². The molecule has 0 bridgehead atoms. The van der Waals surface area contributed by atoms with Crippen LogP contribution in [0.15, 0.2) is 0 Å². The zero-order valence-corrected chi connectivity index (χ0v) is 14.4. The lowest BCUT2D eigenvalue weighted by atomic mass is 9.94. The second kappa shape index (κ2) is 6.99. The predicted octanol–water partition coefficient (Wildman–Crippen LogP) is 2.05. The van der Waals surface area contributed by atoms with Crippen molar-refractivity contribution in [3.05, 3.63) is 0 Å². The molecule has 0 spiro atoms. The highest BCUT2D eigenvalue weighted by atomic mass is 16.5. The zero-order chi connectivity index (χ0) is 16.3. The molecule has 2 saturated heterocycles. The van der Waals surface area contributed by atoms with Gasteiger partial charge in [0.15, 0.2) is 0 Å². The number of rotatable bonds is 4. The van der Waals surface area contributed by atoms with Gasteiger partial charge in [0.1, 0.15) is 0 Å². The fourth-order valence-corrected chi connectivity index (χ4v) is 3.86. The molecule has 2 rings (SSSR count). The molecule has 0 radical (unpaired) electrons. The van der Waals surface area contributed by atoms with Gasteiger partial charge >= 0.3 is 0 Å². The predicted molar refractivity (Wildman–Crippen MR) is 85.4 cm³/mol. The summed E-state index contributed by atoms with van der Waals surface area (Å²) in [6, 6.07) is 0.166. The van der Waals surface area contributed by atoms with E-state index in [0.717, 1.165) is 32.5 Å². The van der Waals surface area contributed by atoms with Crippen LogP contribution in [0.5, 0.6) is 0 Å². The molecule has 2 heterocycles. The summed E-state index contributed by atoms with van der Waals surface area (Å²) in [5.41, 5.74) is -0.299. The van der Waals surface area contributed by atoms with Crippen LogP contribution in [-0.2, 0) is 14.3 Å². The lowest BCUT2D eigenvalue weighted by Crippen LogP contribution is -2.64. The summed E-state index contributed by atoms with van der Waals surface area (Å²) >= 11 is 0. The van der Waals surface area contributed by atoms with E-state index < -0.39 is 0 Å². The van der Waals surface area contributed by atoms with E-state index in [4.69, 9.17) is 4.74 Å². The number of carbonyl (C=O) groups is 2. The summed E-state index contributed by atoms with van der Waals surface area (Å²) in [5.74, 6) is 0.661. The summed E-state index contributed by atoms with van der Waals surface area (Å²) in [5, 5.41) is 0. The Bertz CT molecular complexity index is 414. The first-order valence-electron chi connectivity index (χ1n) is 8.49. The van der Waals surface area contributed by atoms with E-state index in [1.807, 2.05) is 32.6 Å². The molecule has 5 heteroatoms. The fourth-order valence-electron chi connectivity index (χ4n) is 3.86. The van der Waals surface area contributed by atoms with Crippen molar-refractivity contribution in [1.82, 2.24) is 9.80 Å². The van der Waals surface area contributed by atoms with Crippen molar-refractivity contribution in [1.29, 1.82) is 0 Å². The van der Waals surface area contributed by atoms with Crippen LogP contribution >= 0.6 is 0 Å². The maximum Gasteiger partial charge on any atom is 0.242 e. The van der Waals surface area contributed by atoms with Gasteiger partial charge in [0, 0.05) is 32.2 Å². The first kappa shape index (κ1) is 17.3. The summed E-state index contributed by atoms with van der Waals surface area (Å²) in [6.45, 7) is 10.6. The maximum absolute atomic E-state index is 12.5. The number of carbonyl (C=O) groups excluding carboxylic acids is 2. The van der Waals surface area contributed by atoms with Crippen LogP contribution in [0.2, 0.25) is 0 Å². The molecule has 2 aliphatic heterocycles. The van der Waals surface area contributed by atoms with Crippen molar-refractivity contribution in [3.8, 4) is 0 Å². The van der Waals surface area contributed by atoms with Gasteiger partial charge in [-0.2, -0.15) is 0 Å². The van der Waals surface area contributed by atoms with E-state index in [-0.39, 0.29) is 29.9 Å². The molecular formula is C17H30N2O3. The molecule has 2 aliphatic rings. The second-order valence-electron chi connectivity index (χ2n) is 7.54. The number of amides is 2. The molecular weight excluding hydrogens is 280 g/mol. The van der Waals surface area contributed by atoms with Gasteiger partial charge in [-0.15, -0.1) is 0 Å². The van der Waals surface area contributed by atoms with Crippen LogP contribution in [0.3, 0.4) is 0 Å². The van der Waals surface area contributed by atoms with E-state index in [1.165, 1.54) is 0 Å².